The maximum atomic E-state index is 8.97. The van der Waals surface area contributed by atoms with Crippen molar-refractivity contribution < 1.29 is 5.11 Å². The average molecular weight is 205 g/mol. The Hall–Kier alpha value is -1.39. The fourth-order valence-electron chi connectivity index (χ4n) is 1.79. The van der Waals surface area contributed by atoms with Gasteiger partial charge in [0.05, 0.1) is 11.2 Å². The standard InChI is InChI=1S/C11H15N3O/c1-11(12,4-7-15)10-8-2-5-13-9(8)3-6-14-10/h2-3,5-6,13,15H,4,7,12H2,1H3. The number of nitrogens with one attached hydrogen (secondary N) is 1. The van der Waals surface area contributed by atoms with Crippen molar-refractivity contribution in [3.63, 3.8) is 0 Å². The van der Waals surface area contributed by atoms with E-state index in [9.17, 15) is 0 Å². The van der Waals surface area contributed by atoms with Gasteiger partial charge in [-0.2, -0.15) is 0 Å². The van der Waals surface area contributed by atoms with Crippen molar-refractivity contribution in [3.05, 3.63) is 30.2 Å². The number of hydrogen-bond acceptors (Lipinski definition) is 3. The minimum Gasteiger partial charge on any atom is -0.396 e. The maximum absolute atomic E-state index is 8.97. The van der Waals surface area contributed by atoms with E-state index >= 15 is 0 Å². The minimum absolute atomic E-state index is 0.0650. The number of nitrogens with zero attached hydrogens (tertiary/aromatic N) is 1. The van der Waals surface area contributed by atoms with Gasteiger partial charge in [0.15, 0.2) is 0 Å². The largest absolute Gasteiger partial charge is 0.396 e. The molecule has 2 heterocycles. The molecule has 2 aromatic heterocycles. The molecular formula is C11H15N3O. The van der Waals surface area contributed by atoms with Gasteiger partial charge in [0, 0.05) is 29.9 Å². The molecule has 0 aliphatic carbocycles. The summed E-state index contributed by atoms with van der Waals surface area (Å²) in [6.07, 6.45) is 4.10. The summed E-state index contributed by atoms with van der Waals surface area (Å²) in [5, 5.41) is 9.99. The molecule has 0 amide bonds. The highest BCUT2D eigenvalue weighted by Crippen LogP contribution is 2.26. The van der Waals surface area contributed by atoms with Gasteiger partial charge >= 0.3 is 0 Å². The van der Waals surface area contributed by atoms with Crippen LogP contribution in [0.15, 0.2) is 24.5 Å². The lowest BCUT2D eigenvalue weighted by Crippen LogP contribution is -2.35. The third-order valence-corrected chi connectivity index (χ3v) is 2.65. The topological polar surface area (TPSA) is 74.9 Å². The normalized spacial score (nSPS) is 15.4. The lowest BCUT2D eigenvalue weighted by Gasteiger charge is -2.23. The zero-order valence-corrected chi connectivity index (χ0v) is 8.70. The first kappa shape index (κ1) is 10.1. The molecule has 2 rings (SSSR count). The lowest BCUT2D eigenvalue weighted by atomic mass is 9.92. The molecule has 0 radical (unpaired) electrons. The van der Waals surface area contributed by atoms with E-state index in [1.54, 1.807) is 6.20 Å². The van der Waals surface area contributed by atoms with Gasteiger partial charge in [-0.3, -0.25) is 4.98 Å². The van der Waals surface area contributed by atoms with Gasteiger partial charge in [-0.25, -0.2) is 0 Å². The zero-order valence-electron chi connectivity index (χ0n) is 8.70. The zero-order chi connectivity index (χ0) is 10.9. The fourth-order valence-corrected chi connectivity index (χ4v) is 1.79. The molecule has 0 saturated carbocycles. The minimum atomic E-state index is -0.587. The first-order chi connectivity index (χ1) is 7.15. The predicted octanol–water partition coefficient (Wildman–Crippen LogP) is 1.12. The quantitative estimate of drug-likeness (QED) is 0.702. The summed E-state index contributed by atoms with van der Waals surface area (Å²) in [5.41, 5.74) is 7.40. The number of aromatic amines is 1. The van der Waals surface area contributed by atoms with Crippen molar-refractivity contribution in [2.45, 2.75) is 18.9 Å². The van der Waals surface area contributed by atoms with Gasteiger partial charge < -0.3 is 15.8 Å². The number of hydrogen-bond donors (Lipinski definition) is 3. The van der Waals surface area contributed by atoms with Gasteiger partial charge in [-0.05, 0) is 25.5 Å². The molecule has 1 unspecified atom stereocenters. The Morgan fingerprint density at radius 1 is 1.53 bits per heavy atom. The Labute approximate surface area is 88.1 Å². The highest BCUT2D eigenvalue weighted by atomic mass is 16.3. The van der Waals surface area contributed by atoms with Gasteiger partial charge in [-0.1, -0.05) is 0 Å². The lowest BCUT2D eigenvalue weighted by molar-refractivity contribution is 0.246. The summed E-state index contributed by atoms with van der Waals surface area (Å²) in [4.78, 5) is 7.43. The third-order valence-electron chi connectivity index (χ3n) is 2.65. The molecule has 4 N–H and O–H groups in total. The van der Waals surface area contributed by atoms with Crippen LogP contribution in [0.2, 0.25) is 0 Å². The highest BCUT2D eigenvalue weighted by Gasteiger charge is 2.24. The molecule has 0 aliphatic heterocycles. The van der Waals surface area contributed by atoms with E-state index in [4.69, 9.17) is 10.8 Å². The number of aliphatic hydroxyl groups excluding tert-OH is 1. The SMILES string of the molecule is CC(N)(CCO)c1nccc2[nH]ccc12. The van der Waals surface area contributed by atoms with Crippen LogP contribution in [0.4, 0.5) is 0 Å². The van der Waals surface area contributed by atoms with Crippen LogP contribution in [0.25, 0.3) is 10.9 Å². The molecule has 0 bridgehead atoms. The van der Waals surface area contributed by atoms with E-state index < -0.39 is 5.54 Å². The molecule has 15 heavy (non-hydrogen) atoms. The second-order valence-corrected chi connectivity index (χ2v) is 3.99. The summed E-state index contributed by atoms with van der Waals surface area (Å²) in [7, 11) is 0. The van der Waals surface area contributed by atoms with Crippen molar-refractivity contribution in [2.75, 3.05) is 6.61 Å². The van der Waals surface area contributed by atoms with E-state index in [0.717, 1.165) is 16.6 Å². The first-order valence-electron chi connectivity index (χ1n) is 4.97. The van der Waals surface area contributed by atoms with Crippen LogP contribution in [0.3, 0.4) is 0 Å². The molecule has 0 aromatic carbocycles. The molecule has 0 saturated heterocycles. The van der Waals surface area contributed by atoms with Crippen molar-refractivity contribution in [3.8, 4) is 0 Å². The monoisotopic (exact) mass is 205 g/mol. The second kappa shape index (κ2) is 3.64. The number of H-pyrrole nitrogens is 1. The first-order valence-corrected chi connectivity index (χ1v) is 4.97. The predicted molar refractivity (Wildman–Crippen MR) is 59.3 cm³/mol. The molecule has 2 aromatic rings. The Morgan fingerprint density at radius 3 is 3.07 bits per heavy atom. The van der Waals surface area contributed by atoms with Gasteiger partial charge in [-0.15, -0.1) is 0 Å². The molecule has 80 valence electrons. The van der Waals surface area contributed by atoms with Gasteiger partial charge in [0.2, 0.25) is 0 Å². The van der Waals surface area contributed by atoms with Crippen LogP contribution in [-0.2, 0) is 5.54 Å². The van der Waals surface area contributed by atoms with E-state index in [0.29, 0.717) is 6.42 Å². The van der Waals surface area contributed by atoms with Crippen LogP contribution >= 0.6 is 0 Å². The molecule has 0 spiro atoms. The Morgan fingerprint density at radius 2 is 2.33 bits per heavy atom. The van der Waals surface area contributed by atoms with Crippen molar-refractivity contribution in [2.24, 2.45) is 5.73 Å². The van der Waals surface area contributed by atoms with Crippen LogP contribution in [0.1, 0.15) is 19.0 Å². The van der Waals surface area contributed by atoms with Crippen LogP contribution < -0.4 is 5.73 Å². The number of nitrogens with two attached hydrogens (primary N) is 1. The Balaban J connectivity index is 2.55. The number of fused-ring (bicyclic) bond motifs is 1. The van der Waals surface area contributed by atoms with Gasteiger partial charge in [0.25, 0.3) is 0 Å². The third kappa shape index (κ3) is 1.73. The number of aliphatic hydroxyl groups is 1. The highest BCUT2D eigenvalue weighted by molar-refractivity contribution is 5.82. The van der Waals surface area contributed by atoms with Gasteiger partial charge in [0.1, 0.15) is 0 Å². The summed E-state index contributed by atoms with van der Waals surface area (Å²) >= 11 is 0. The molecule has 4 nitrogen and oxygen atoms in total. The molecule has 1 atom stereocenters. The van der Waals surface area contributed by atoms with Crippen molar-refractivity contribution in [1.82, 2.24) is 9.97 Å². The summed E-state index contributed by atoms with van der Waals surface area (Å²) in [6.45, 7) is 1.95. The van der Waals surface area contributed by atoms with Crippen LogP contribution in [-0.4, -0.2) is 21.7 Å². The van der Waals surface area contributed by atoms with E-state index in [1.807, 2.05) is 25.3 Å². The molecular weight excluding hydrogens is 190 g/mol. The van der Waals surface area contributed by atoms with E-state index in [1.165, 1.54) is 0 Å². The summed E-state index contributed by atoms with van der Waals surface area (Å²) in [6, 6.07) is 3.87. The van der Waals surface area contributed by atoms with Crippen LogP contribution in [0.5, 0.6) is 0 Å². The van der Waals surface area contributed by atoms with E-state index in [-0.39, 0.29) is 6.61 Å². The van der Waals surface area contributed by atoms with Crippen molar-refractivity contribution in [1.29, 1.82) is 0 Å². The van der Waals surface area contributed by atoms with Crippen LogP contribution in [0, 0.1) is 0 Å². The fraction of sp³-hybridized carbons (Fsp3) is 0.364. The molecule has 4 heteroatoms. The molecule has 0 aliphatic rings. The Kier molecular flexibility index (Phi) is 2.46. The average Bonchev–Trinajstić information content (AvgIpc) is 2.64. The number of pyridine rings is 1. The summed E-state index contributed by atoms with van der Waals surface area (Å²) in [5.74, 6) is 0. The number of rotatable bonds is 3. The summed E-state index contributed by atoms with van der Waals surface area (Å²) < 4.78 is 0. The van der Waals surface area contributed by atoms with E-state index in [2.05, 4.69) is 9.97 Å². The maximum Gasteiger partial charge on any atom is 0.0694 e. The van der Waals surface area contributed by atoms with Crippen molar-refractivity contribution >= 4 is 10.9 Å². The second-order valence-electron chi connectivity index (χ2n) is 3.99. The molecule has 0 fully saturated rings. The number of aromatic nitrogens is 2. The Bertz CT molecular complexity index is 462. The smallest absolute Gasteiger partial charge is 0.0694 e.